The van der Waals surface area contributed by atoms with Gasteiger partial charge in [0.05, 0.1) is 0 Å². The molecule has 0 saturated carbocycles. The molecular formula is C16H18ClF3N2OS. The molecule has 24 heavy (non-hydrogen) atoms. The molecular weight excluding hydrogens is 361 g/mol. The van der Waals surface area contributed by atoms with E-state index in [9.17, 15) is 18.0 Å². The topological polar surface area (TPSA) is 34.0 Å². The first kappa shape index (κ1) is 20.6. The van der Waals surface area contributed by atoms with Gasteiger partial charge in [-0.3, -0.25) is 4.79 Å². The molecule has 2 aromatic rings. The Labute approximate surface area is 148 Å². The predicted octanol–water partition coefficient (Wildman–Crippen LogP) is 4.15. The minimum absolute atomic E-state index is 0.00954. The zero-order chi connectivity index (χ0) is 18.5. The first-order valence-corrected chi connectivity index (χ1v) is 7.74. The summed E-state index contributed by atoms with van der Waals surface area (Å²) in [6.45, 7) is 1.86. The largest absolute Gasteiger partial charge is 0.407 e. The summed E-state index contributed by atoms with van der Waals surface area (Å²) in [4.78, 5) is 11.8. The normalized spacial score (nSPS) is 12.3. The highest BCUT2D eigenvalue weighted by molar-refractivity contribution is 7.80. The van der Waals surface area contributed by atoms with Crippen molar-refractivity contribution in [2.45, 2.75) is 24.0 Å². The van der Waals surface area contributed by atoms with Crippen molar-refractivity contribution in [2.24, 2.45) is 7.05 Å². The van der Waals surface area contributed by atoms with E-state index in [0.717, 1.165) is 10.5 Å². The van der Waals surface area contributed by atoms with Crippen LogP contribution in [0.15, 0.2) is 46.2 Å². The van der Waals surface area contributed by atoms with Crippen LogP contribution in [0.25, 0.3) is 0 Å². The zero-order valence-electron chi connectivity index (χ0n) is 13.4. The second kappa shape index (κ2) is 8.60. The van der Waals surface area contributed by atoms with Gasteiger partial charge in [0.1, 0.15) is 6.04 Å². The Morgan fingerprint density at radius 3 is 2.21 bits per heavy atom. The molecule has 1 atom stereocenters. The minimum atomic E-state index is -4.29. The Kier molecular flexibility index (Phi) is 7.38. The van der Waals surface area contributed by atoms with Crippen LogP contribution < -0.4 is 10.9 Å². The lowest BCUT2D eigenvalue weighted by atomic mass is 10.1. The molecule has 2 rings (SSSR count). The number of aryl methyl sites for hydroxylation is 2. The predicted molar refractivity (Wildman–Crippen MR) is 93.0 cm³/mol. The molecule has 1 unspecified atom stereocenters. The van der Waals surface area contributed by atoms with Crippen molar-refractivity contribution in [2.75, 3.05) is 7.05 Å². The van der Waals surface area contributed by atoms with Gasteiger partial charge in [-0.05, 0) is 37.2 Å². The monoisotopic (exact) mass is 378 g/mol. The Balaban J connectivity index is 0.000000254. The standard InChI is InChI=1S/C9H9ClF3N.C7H9NOS/c1-14-8(9(11,12)13)6-2-4-7(10)5-3-6;1-5-3-7(9)8(2)4-6(5)10/h2-5,8,14H,1H3;3-4,10H,1-2H3. The van der Waals surface area contributed by atoms with Crippen LogP contribution in [0, 0.1) is 6.92 Å². The summed E-state index contributed by atoms with van der Waals surface area (Å²) < 4.78 is 38.7. The molecule has 1 aromatic heterocycles. The average molecular weight is 379 g/mol. The Bertz CT molecular complexity index is 730. The lowest BCUT2D eigenvalue weighted by molar-refractivity contribution is -0.156. The van der Waals surface area contributed by atoms with Crippen LogP contribution in [0.1, 0.15) is 17.2 Å². The van der Waals surface area contributed by atoms with Gasteiger partial charge in [-0.2, -0.15) is 13.2 Å². The van der Waals surface area contributed by atoms with Crippen LogP contribution in [-0.2, 0) is 7.05 Å². The van der Waals surface area contributed by atoms with E-state index in [-0.39, 0.29) is 11.1 Å². The van der Waals surface area contributed by atoms with Crippen molar-refractivity contribution < 1.29 is 13.2 Å². The number of nitrogens with one attached hydrogen (secondary N) is 1. The molecule has 0 radical (unpaired) electrons. The highest BCUT2D eigenvalue weighted by Crippen LogP contribution is 2.32. The number of halogens is 4. The van der Waals surface area contributed by atoms with Crippen LogP contribution >= 0.6 is 24.2 Å². The molecule has 1 aromatic carbocycles. The third-order valence-corrected chi connectivity index (χ3v) is 3.95. The van der Waals surface area contributed by atoms with Gasteiger partial charge in [-0.25, -0.2) is 0 Å². The lowest BCUT2D eigenvalue weighted by Crippen LogP contribution is -2.31. The molecule has 3 nitrogen and oxygen atoms in total. The highest BCUT2D eigenvalue weighted by Gasteiger charge is 2.39. The summed E-state index contributed by atoms with van der Waals surface area (Å²) in [5, 5.41) is 2.63. The third kappa shape index (κ3) is 5.89. The van der Waals surface area contributed by atoms with E-state index in [1.54, 1.807) is 19.3 Å². The Morgan fingerprint density at radius 1 is 1.25 bits per heavy atom. The molecule has 0 bridgehead atoms. The van der Waals surface area contributed by atoms with Crippen molar-refractivity contribution in [1.82, 2.24) is 9.88 Å². The minimum Gasteiger partial charge on any atom is -0.317 e. The van der Waals surface area contributed by atoms with Crippen molar-refractivity contribution in [1.29, 1.82) is 0 Å². The molecule has 0 saturated heterocycles. The fourth-order valence-corrected chi connectivity index (χ4v) is 2.25. The summed E-state index contributed by atoms with van der Waals surface area (Å²) in [5.74, 6) is 0. The number of aromatic nitrogens is 1. The van der Waals surface area contributed by atoms with Crippen LogP contribution in [0.5, 0.6) is 0 Å². The van der Waals surface area contributed by atoms with E-state index < -0.39 is 12.2 Å². The molecule has 0 spiro atoms. The third-order valence-electron chi connectivity index (χ3n) is 3.23. The van der Waals surface area contributed by atoms with Gasteiger partial charge in [-0.15, -0.1) is 12.6 Å². The van der Waals surface area contributed by atoms with E-state index in [1.807, 2.05) is 6.92 Å². The smallest absolute Gasteiger partial charge is 0.317 e. The SMILES string of the molecule is CNC(c1ccc(Cl)cc1)C(F)(F)F.Cc1cc(=O)n(C)cc1S. The maximum atomic E-state index is 12.4. The van der Waals surface area contributed by atoms with E-state index in [2.05, 4.69) is 17.9 Å². The number of thiol groups is 1. The number of rotatable bonds is 2. The van der Waals surface area contributed by atoms with Gasteiger partial charge in [0.15, 0.2) is 0 Å². The molecule has 0 aliphatic carbocycles. The van der Waals surface area contributed by atoms with Crippen LogP contribution in [0.2, 0.25) is 5.02 Å². The number of benzene rings is 1. The summed E-state index contributed by atoms with van der Waals surface area (Å²) in [5.41, 5.74) is 1.09. The zero-order valence-corrected chi connectivity index (χ0v) is 15.0. The molecule has 0 aliphatic rings. The van der Waals surface area contributed by atoms with Crippen molar-refractivity contribution in [3.8, 4) is 0 Å². The first-order chi connectivity index (χ1) is 11.1. The van der Waals surface area contributed by atoms with E-state index >= 15 is 0 Å². The van der Waals surface area contributed by atoms with Gasteiger partial charge >= 0.3 is 6.18 Å². The van der Waals surface area contributed by atoms with E-state index in [4.69, 9.17) is 11.6 Å². The molecule has 8 heteroatoms. The first-order valence-electron chi connectivity index (χ1n) is 6.92. The van der Waals surface area contributed by atoms with E-state index in [1.165, 1.54) is 35.9 Å². The number of hydrogen-bond acceptors (Lipinski definition) is 3. The lowest BCUT2D eigenvalue weighted by Gasteiger charge is -2.19. The molecule has 0 amide bonds. The van der Waals surface area contributed by atoms with Crippen molar-refractivity contribution in [3.63, 3.8) is 0 Å². The number of hydrogen-bond donors (Lipinski definition) is 2. The Hall–Kier alpha value is -1.44. The van der Waals surface area contributed by atoms with Crippen molar-refractivity contribution >= 4 is 24.2 Å². The van der Waals surface area contributed by atoms with Gasteiger partial charge in [0.25, 0.3) is 5.56 Å². The summed E-state index contributed by atoms with van der Waals surface area (Å²) >= 11 is 9.73. The fourth-order valence-electron chi connectivity index (χ4n) is 1.88. The van der Waals surface area contributed by atoms with Gasteiger partial charge in [0.2, 0.25) is 0 Å². The summed E-state index contributed by atoms with van der Waals surface area (Å²) in [7, 11) is 2.98. The van der Waals surface area contributed by atoms with Crippen LogP contribution in [0.4, 0.5) is 13.2 Å². The molecule has 0 aliphatic heterocycles. The number of alkyl halides is 3. The maximum Gasteiger partial charge on any atom is 0.407 e. The second-order valence-electron chi connectivity index (χ2n) is 5.11. The second-order valence-corrected chi connectivity index (χ2v) is 6.02. The highest BCUT2D eigenvalue weighted by atomic mass is 35.5. The summed E-state index contributed by atoms with van der Waals surface area (Å²) in [6.07, 6.45) is -2.58. The number of nitrogens with zero attached hydrogens (tertiary/aromatic N) is 1. The van der Waals surface area contributed by atoms with Gasteiger partial charge < -0.3 is 9.88 Å². The molecule has 1 heterocycles. The van der Waals surface area contributed by atoms with Gasteiger partial charge in [0, 0.05) is 29.2 Å². The summed E-state index contributed by atoms with van der Waals surface area (Å²) in [6, 6.07) is 5.52. The Morgan fingerprint density at radius 2 is 1.79 bits per heavy atom. The average Bonchev–Trinajstić information content (AvgIpc) is 2.47. The van der Waals surface area contributed by atoms with Crippen molar-refractivity contribution in [3.05, 3.63) is 63.0 Å². The van der Waals surface area contributed by atoms with Gasteiger partial charge in [-0.1, -0.05) is 23.7 Å². The van der Waals surface area contributed by atoms with E-state index in [0.29, 0.717) is 5.02 Å². The fraction of sp³-hybridized carbons (Fsp3) is 0.312. The molecule has 1 N–H and O–H groups in total. The number of pyridine rings is 1. The molecule has 132 valence electrons. The molecule has 0 fully saturated rings. The van der Waals surface area contributed by atoms with Crippen LogP contribution in [0.3, 0.4) is 0 Å². The van der Waals surface area contributed by atoms with Crippen LogP contribution in [-0.4, -0.2) is 17.8 Å². The maximum absolute atomic E-state index is 12.4. The quantitative estimate of drug-likeness (QED) is 0.770.